The van der Waals surface area contributed by atoms with Crippen molar-refractivity contribution in [1.82, 2.24) is 0 Å². The predicted molar refractivity (Wildman–Crippen MR) is 63.6 cm³/mol. The van der Waals surface area contributed by atoms with Crippen LogP contribution in [0.25, 0.3) is 0 Å². The minimum absolute atomic E-state index is 0.0163. The summed E-state index contributed by atoms with van der Waals surface area (Å²) in [5, 5.41) is 0. The number of halogens is 1. The van der Waals surface area contributed by atoms with Crippen LogP contribution in [0.4, 0.5) is 0 Å². The molecule has 16 heavy (non-hydrogen) atoms. The Labute approximate surface area is 102 Å². The van der Waals surface area contributed by atoms with E-state index in [2.05, 4.69) is 0 Å². The van der Waals surface area contributed by atoms with Crippen LogP contribution in [0.2, 0.25) is 0 Å². The predicted octanol–water partition coefficient (Wildman–Crippen LogP) is 2.61. The van der Waals surface area contributed by atoms with Crippen molar-refractivity contribution in [2.75, 3.05) is 25.7 Å². The van der Waals surface area contributed by atoms with Gasteiger partial charge in [0, 0.05) is 19.1 Å². The summed E-state index contributed by atoms with van der Waals surface area (Å²) in [4.78, 5) is 11.8. The Hall–Kier alpha value is -0.280. The van der Waals surface area contributed by atoms with Crippen LogP contribution in [0.5, 0.6) is 0 Å². The summed E-state index contributed by atoms with van der Waals surface area (Å²) < 4.78 is 10.4. The van der Waals surface area contributed by atoms with Crippen molar-refractivity contribution in [1.29, 1.82) is 0 Å². The Morgan fingerprint density at radius 2 is 2.19 bits per heavy atom. The quantitative estimate of drug-likeness (QED) is 0.536. The highest BCUT2D eigenvalue weighted by Crippen LogP contribution is 2.28. The zero-order valence-electron chi connectivity index (χ0n) is 9.91. The molecule has 1 aliphatic rings. The third-order valence-corrected chi connectivity index (χ3v) is 3.34. The van der Waals surface area contributed by atoms with E-state index in [0.29, 0.717) is 18.4 Å². The molecule has 1 saturated heterocycles. The van der Waals surface area contributed by atoms with Gasteiger partial charge in [0.25, 0.3) is 0 Å². The largest absolute Gasteiger partial charge is 0.466 e. The first-order chi connectivity index (χ1) is 7.79. The molecule has 0 N–H and O–H groups in total. The van der Waals surface area contributed by atoms with E-state index in [4.69, 9.17) is 21.1 Å². The van der Waals surface area contributed by atoms with Gasteiger partial charge in [-0.15, -0.1) is 11.6 Å². The second-order valence-electron chi connectivity index (χ2n) is 4.14. The van der Waals surface area contributed by atoms with E-state index >= 15 is 0 Å². The first kappa shape index (κ1) is 13.8. The van der Waals surface area contributed by atoms with Gasteiger partial charge in [0.05, 0.1) is 12.5 Å². The molecule has 0 aromatic carbocycles. The van der Waals surface area contributed by atoms with Gasteiger partial charge >= 0.3 is 5.97 Å². The van der Waals surface area contributed by atoms with Gasteiger partial charge in [-0.3, -0.25) is 4.79 Å². The lowest BCUT2D eigenvalue weighted by Crippen LogP contribution is -2.30. The van der Waals surface area contributed by atoms with E-state index in [1.54, 1.807) is 0 Å². The summed E-state index contributed by atoms with van der Waals surface area (Å²) in [6.07, 6.45) is 3.65. The molecule has 0 amide bonds. The van der Waals surface area contributed by atoms with Crippen molar-refractivity contribution < 1.29 is 14.3 Å². The fraction of sp³-hybridized carbons (Fsp3) is 0.917. The highest BCUT2D eigenvalue weighted by Gasteiger charge is 2.30. The molecule has 3 nitrogen and oxygen atoms in total. The SMILES string of the molecule is CCOC(=O)C(CCCCl)C1CCOCC1. The van der Waals surface area contributed by atoms with Gasteiger partial charge in [-0.05, 0) is 38.5 Å². The Bertz CT molecular complexity index is 202. The molecule has 0 aliphatic carbocycles. The number of ether oxygens (including phenoxy) is 2. The topological polar surface area (TPSA) is 35.5 Å². The van der Waals surface area contributed by atoms with Gasteiger partial charge in [0.2, 0.25) is 0 Å². The third-order valence-electron chi connectivity index (χ3n) is 3.07. The van der Waals surface area contributed by atoms with E-state index in [-0.39, 0.29) is 11.9 Å². The first-order valence-corrected chi connectivity index (χ1v) is 6.63. The van der Waals surface area contributed by atoms with Gasteiger partial charge < -0.3 is 9.47 Å². The van der Waals surface area contributed by atoms with Crippen molar-refractivity contribution in [3.63, 3.8) is 0 Å². The van der Waals surface area contributed by atoms with Crippen LogP contribution in [0.15, 0.2) is 0 Å². The monoisotopic (exact) mass is 248 g/mol. The zero-order chi connectivity index (χ0) is 11.8. The molecule has 0 bridgehead atoms. The molecule has 1 fully saturated rings. The van der Waals surface area contributed by atoms with Crippen LogP contribution in [-0.4, -0.2) is 31.7 Å². The lowest BCUT2D eigenvalue weighted by atomic mass is 9.83. The van der Waals surface area contributed by atoms with Crippen LogP contribution in [-0.2, 0) is 14.3 Å². The molecule has 0 saturated carbocycles. The average Bonchev–Trinajstić information content (AvgIpc) is 2.31. The van der Waals surface area contributed by atoms with Gasteiger partial charge in [-0.1, -0.05) is 0 Å². The number of hydrogen-bond acceptors (Lipinski definition) is 3. The smallest absolute Gasteiger partial charge is 0.309 e. The summed E-state index contributed by atoms with van der Waals surface area (Å²) in [6, 6.07) is 0. The first-order valence-electron chi connectivity index (χ1n) is 6.10. The maximum absolute atomic E-state index is 11.8. The number of esters is 1. The van der Waals surface area contributed by atoms with E-state index in [1.807, 2.05) is 6.92 Å². The van der Waals surface area contributed by atoms with Crippen molar-refractivity contribution >= 4 is 17.6 Å². The molecule has 0 spiro atoms. The second kappa shape index (κ2) is 7.91. The van der Waals surface area contributed by atoms with Crippen molar-refractivity contribution in [2.45, 2.75) is 32.6 Å². The maximum atomic E-state index is 11.8. The lowest BCUT2D eigenvalue weighted by Gasteiger charge is -2.28. The molecule has 0 aromatic heterocycles. The molecule has 0 aromatic rings. The molecule has 1 unspecified atom stereocenters. The van der Waals surface area contributed by atoms with E-state index < -0.39 is 0 Å². The number of rotatable bonds is 6. The molecular formula is C12H21ClO3. The summed E-state index contributed by atoms with van der Waals surface area (Å²) in [5.74, 6) is 0.984. The number of carbonyl (C=O) groups is 1. The van der Waals surface area contributed by atoms with E-state index in [9.17, 15) is 4.79 Å². The van der Waals surface area contributed by atoms with E-state index in [0.717, 1.165) is 38.9 Å². The highest BCUT2D eigenvalue weighted by atomic mass is 35.5. The lowest BCUT2D eigenvalue weighted by molar-refractivity contribution is -0.151. The maximum Gasteiger partial charge on any atom is 0.309 e. The van der Waals surface area contributed by atoms with Crippen LogP contribution in [0, 0.1) is 11.8 Å². The summed E-state index contributed by atoms with van der Waals surface area (Å²) in [6.45, 7) is 3.84. The van der Waals surface area contributed by atoms with Crippen LogP contribution in [0.1, 0.15) is 32.6 Å². The molecular weight excluding hydrogens is 228 g/mol. The van der Waals surface area contributed by atoms with Gasteiger partial charge in [0.1, 0.15) is 0 Å². The van der Waals surface area contributed by atoms with Crippen molar-refractivity contribution in [3.05, 3.63) is 0 Å². The Kier molecular flexibility index (Phi) is 6.81. The van der Waals surface area contributed by atoms with Crippen molar-refractivity contribution in [3.8, 4) is 0 Å². The van der Waals surface area contributed by atoms with Crippen LogP contribution >= 0.6 is 11.6 Å². The summed E-state index contributed by atoms with van der Waals surface area (Å²) in [5.41, 5.74) is 0. The molecule has 94 valence electrons. The Balaban J connectivity index is 2.50. The summed E-state index contributed by atoms with van der Waals surface area (Å²) >= 11 is 5.69. The zero-order valence-corrected chi connectivity index (χ0v) is 10.7. The third kappa shape index (κ3) is 4.30. The second-order valence-corrected chi connectivity index (χ2v) is 4.52. The fourth-order valence-electron chi connectivity index (χ4n) is 2.21. The van der Waals surface area contributed by atoms with Gasteiger partial charge in [-0.25, -0.2) is 0 Å². The standard InChI is InChI=1S/C12H21ClO3/c1-2-16-12(14)11(4-3-7-13)10-5-8-15-9-6-10/h10-11H,2-9H2,1H3. The number of alkyl halides is 1. The van der Waals surface area contributed by atoms with Crippen molar-refractivity contribution in [2.24, 2.45) is 11.8 Å². The van der Waals surface area contributed by atoms with Gasteiger partial charge in [-0.2, -0.15) is 0 Å². The average molecular weight is 249 g/mol. The fourth-order valence-corrected chi connectivity index (χ4v) is 2.36. The molecule has 1 aliphatic heterocycles. The summed E-state index contributed by atoms with van der Waals surface area (Å²) in [7, 11) is 0. The minimum atomic E-state index is -0.0560. The Morgan fingerprint density at radius 1 is 1.50 bits per heavy atom. The molecule has 0 radical (unpaired) electrons. The Morgan fingerprint density at radius 3 is 2.75 bits per heavy atom. The highest BCUT2D eigenvalue weighted by molar-refractivity contribution is 6.17. The van der Waals surface area contributed by atoms with Crippen LogP contribution < -0.4 is 0 Å². The van der Waals surface area contributed by atoms with Gasteiger partial charge in [0.15, 0.2) is 0 Å². The molecule has 1 heterocycles. The minimum Gasteiger partial charge on any atom is -0.466 e. The molecule has 4 heteroatoms. The molecule has 1 atom stereocenters. The van der Waals surface area contributed by atoms with E-state index in [1.165, 1.54) is 0 Å². The van der Waals surface area contributed by atoms with Crippen LogP contribution in [0.3, 0.4) is 0 Å². The number of hydrogen-bond donors (Lipinski definition) is 0. The molecule has 1 rings (SSSR count). The number of carbonyl (C=O) groups excluding carboxylic acids is 1. The normalized spacial score (nSPS) is 19.4.